The fraction of sp³-hybridized carbons (Fsp3) is 0.100. The molecule has 0 unspecified atom stereocenters. The second-order valence-corrected chi connectivity index (χ2v) is 3.77. The maximum absolute atomic E-state index is 10.9. The third-order valence-electron chi connectivity index (χ3n) is 1.58. The standard InChI is InChI=1S/C10H9ClINO/c1-7(14)13-10(6-12)8-2-4-9(11)5-3-8/h2-6H,1H3,(H,13,14)/b10-6+. The largest absolute Gasteiger partial charge is 0.325 e. The van der Waals surface area contributed by atoms with Gasteiger partial charge in [0.15, 0.2) is 0 Å². The lowest BCUT2D eigenvalue weighted by Gasteiger charge is -2.06. The molecule has 1 N–H and O–H groups in total. The Bertz CT molecular complexity index is 359. The van der Waals surface area contributed by atoms with E-state index in [1.807, 2.05) is 16.2 Å². The van der Waals surface area contributed by atoms with Crippen LogP contribution in [0.25, 0.3) is 5.70 Å². The van der Waals surface area contributed by atoms with E-state index >= 15 is 0 Å². The molecule has 0 bridgehead atoms. The van der Waals surface area contributed by atoms with Crippen LogP contribution in [0.5, 0.6) is 0 Å². The molecule has 0 saturated heterocycles. The Balaban J connectivity index is 2.91. The Labute approximate surface area is 101 Å². The molecule has 0 atom stereocenters. The summed E-state index contributed by atoms with van der Waals surface area (Å²) >= 11 is 7.84. The molecular weight excluding hydrogens is 312 g/mol. The monoisotopic (exact) mass is 321 g/mol. The van der Waals surface area contributed by atoms with Crippen molar-refractivity contribution in [2.24, 2.45) is 0 Å². The van der Waals surface area contributed by atoms with Crippen molar-refractivity contribution in [2.45, 2.75) is 6.92 Å². The van der Waals surface area contributed by atoms with Crippen LogP contribution in [0.15, 0.2) is 28.3 Å². The zero-order chi connectivity index (χ0) is 10.6. The summed E-state index contributed by atoms with van der Waals surface area (Å²) in [6, 6.07) is 7.31. The number of benzene rings is 1. The quantitative estimate of drug-likeness (QED) is 0.833. The van der Waals surface area contributed by atoms with Crippen LogP contribution < -0.4 is 5.32 Å². The van der Waals surface area contributed by atoms with Gasteiger partial charge in [-0.3, -0.25) is 4.79 Å². The zero-order valence-corrected chi connectivity index (χ0v) is 10.5. The molecule has 4 heteroatoms. The predicted octanol–water partition coefficient (Wildman–Crippen LogP) is 3.21. The lowest BCUT2D eigenvalue weighted by molar-refractivity contribution is -0.117. The number of hydrogen-bond acceptors (Lipinski definition) is 1. The molecule has 1 aromatic rings. The summed E-state index contributed by atoms with van der Waals surface area (Å²) < 4.78 is 1.82. The molecular formula is C10H9ClINO. The number of carbonyl (C=O) groups is 1. The normalized spacial score (nSPS) is 11.2. The van der Waals surface area contributed by atoms with E-state index in [9.17, 15) is 4.79 Å². The first-order valence-electron chi connectivity index (χ1n) is 3.97. The lowest BCUT2D eigenvalue weighted by atomic mass is 10.2. The van der Waals surface area contributed by atoms with Gasteiger partial charge in [0.25, 0.3) is 0 Å². The van der Waals surface area contributed by atoms with Crippen molar-refractivity contribution in [1.82, 2.24) is 5.32 Å². The van der Waals surface area contributed by atoms with Gasteiger partial charge in [0.2, 0.25) is 5.91 Å². The smallest absolute Gasteiger partial charge is 0.221 e. The van der Waals surface area contributed by atoms with Gasteiger partial charge in [-0.15, -0.1) is 0 Å². The number of rotatable bonds is 2. The van der Waals surface area contributed by atoms with Crippen LogP contribution in [0.2, 0.25) is 5.02 Å². The highest BCUT2D eigenvalue weighted by Crippen LogP contribution is 2.16. The van der Waals surface area contributed by atoms with Crippen LogP contribution in [0.4, 0.5) is 0 Å². The van der Waals surface area contributed by atoms with Crippen molar-refractivity contribution in [1.29, 1.82) is 0 Å². The van der Waals surface area contributed by atoms with Crippen molar-refractivity contribution in [2.75, 3.05) is 0 Å². The van der Waals surface area contributed by atoms with Crippen LogP contribution in [0.3, 0.4) is 0 Å². The summed E-state index contributed by atoms with van der Waals surface area (Å²) in [5.74, 6) is -0.0807. The van der Waals surface area contributed by atoms with Crippen LogP contribution in [0, 0.1) is 0 Å². The topological polar surface area (TPSA) is 29.1 Å². The van der Waals surface area contributed by atoms with Gasteiger partial charge in [-0.1, -0.05) is 46.3 Å². The highest BCUT2D eigenvalue weighted by atomic mass is 127. The minimum absolute atomic E-state index is 0.0807. The second-order valence-electron chi connectivity index (χ2n) is 2.71. The first-order valence-corrected chi connectivity index (χ1v) is 5.59. The number of hydrogen-bond donors (Lipinski definition) is 1. The molecule has 0 spiro atoms. The van der Waals surface area contributed by atoms with E-state index in [-0.39, 0.29) is 5.91 Å². The van der Waals surface area contributed by atoms with Crippen molar-refractivity contribution in [3.8, 4) is 0 Å². The van der Waals surface area contributed by atoms with Gasteiger partial charge < -0.3 is 5.32 Å². The van der Waals surface area contributed by atoms with Crippen LogP contribution in [0.1, 0.15) is 12.5 Å². The highest BCUT2D eigenvalue weighted by molar-refractivity contribution is 14.1. The van der Waals surface area contributed by atoms with E-state index in [1.54, 1.807) is 12.1 Å². The zero-order valence-electron chi connectivity index (χ0n) is 7.55. The van der Waals surface area contributed by atoms with Gasteiger partial charge >= 0.3 is 0 Å². The number of carbonyl (C=O) groups excluding carboxylic acids is 1. The maximum atomic E-state index is 10.9. The molecule has 0 radical (unpaired) electrons. The van der Waals surface area contributed by atoms with Gasteiger partial charge in [0.05, 0.1) is 5.70 Å². The van der Waals surface area contributed by atoms with Gasteiger partial charge in [-0.2, -0.15) is 0 Å². The molecule has 0 fully saturated rings. The lowest BCUT2D eigenvalue weighted by Crippen LogP contribution is -2.17. The Hall–Kier alpha value is -0.550. The number of nitrogens with one attached hydrogen (secondary N) is 1. The van der Waals surface area contributed by atoms with Crippen molar-refractivity contribution < 1.29 is 4.79 Å². The van der Waals surface area contributed by atoms with Crippen molar-refractivity contribution in [3.05, 3.63) is 38.9 Å². The molecule has 0 aromatic heterocycles. The summed E-state index contributed by atoms with van der Waals surface area (Å²) in [4.78, 5) is 10.9. The Morgan fingerprint density at radius 2 is 2.00 bits per heavy atom. The average Bonchev–Trinajstić information content (AvgIpc) is 2.15. The molecule has 0 saturated carbocycles. The molecule has 2 nitrogen and oxygen atoms in total. The van der Waals surface area contributed by atoms with Gasteiger partial charge in [0.1, 0.15) is 0 Å². The molecule has 1 amide bonds. The molecule has 14 heavy (non-hydrogen) atoms. The maximum Gasteiger partial charge on any atom is 0.221 e. The predicted molar refractivity (Wildman–Crippen MR) is 67.3 cm³/mol. The first-order chi connectivity index (χ1) is 6.63. The van der Waals surface area contributed by atoms with Crippen LogP contribution in [-0.2, 0) is 4.79 Å². The summed E-state index contributed by atoms with van der Waals surface area (Å²) in [6.07, 6.45) is 0. The third kappa shape index (κ3) is 3.31. The molecule has 1 rings (SSSR count). The highest BCUT2D eigenvalue weighted by Gasteiger charge is 2.01. The van der Waals surface area contributed by atoms with E-state index in [0.717, 1.165) is 11.3 Å². The van der Waals surface area contributed by atoms with Crippen LogP contribution >= 0.6 is 34.2 Å². The average molecular weight is 322 g/mol. The molecule has 0 aliphatic heterocycles. The van der Waals surface area contributed by atoms with Crippen molar-refractivity contribution >= 4 is 45.8 Å². The molecule has 0 aliphatic carbocycles. The minimum Gasteiger partial charge on any atom is -0.325 e. The molecule has 0 heterocycles. The molecule has 74 valence electrons. The Morgan fingerprint density at radius 3 is 2.43 bits per heavy atom. The van der Waals surface area contributed by atoms with Gasteiger partial charge in [0, 0.05) is 16.0 Å². The van der Waals surface area contributed by atoms with Gasteiger partial charge in [-0.05, 0) is 17.7 Å². The summed E-state index contributed by atoms with van der Waals surface area (Å²) in [7, 11) is 0. The molecule has 1 aromatic carbocycles. The number of halogens is 2. The second kappa shape index (κ2) is 5.36. The van der Waals surface area contributed by atoms with E-state index in [0.29, 0.717) is 5.02 Å². The summed E-state index contributed by atoms with van der Waals surface area (Å²) in [6.45, 7) is 1.48. The summed E-state index contributed by atoms with van der Waals surface area (Å²) in [5.41, 5.74) is 1.73. The first kappa shape index (κ1) is 11.5. The van der Waals surface area contributed by atoms with E-state index in [2.05, 4.69) is 27.9 Å². The SMILES string of the molecule is CC(=O)N/C(=C/I)c1ccc(Cl)cc1. The fourth-order valence-corrected chi connectivity index (χ4v) is 1.62. The Morgan fingerprint density at radius 1 is 1.43 bits per heavy atom. The van der Waals surface area contributed by atoms with Crippen LogP contribution in [-0.4, -0.2) is 5.91 Å². The van der Waals surface area contributed by atoms with E-state index < -0.39 is 0 Å². The van der Waals surface area contributed by atoms with Gasteiger partial charge in [-0.25, -0.2) is 0 Å². The molecule has 0 aliphatic rings. The van der Waals surface area contributed by atoms with Crippen molar-refractivity contribution in [3.63, 3.8) is 0 Å². The third-order valence-corrected chi connectivity index (χ3v) is 2.45. The minimum atomic E-state index is -0.0807. The number of amides is 1. The van der Waals surface area contributed by atoms with E-state index in [4.69, 9.17) is 11.6 Å². The Kier molecular flexibility index (Phi) is 4.41. The fourth-order valence-electron chi connectivity index (χ4n) is 0.982. The summed E-state index contributed by atoms with van der Waals surface area (Å²) in [5, 5.41) is 3.42. The van der Waals surface area contributed by atoms with E-state index in [1.165, 1.54) is 6.92 Å².